The minimum atomic E-state index is -3.07. The first kappa shape index (κ1) is 21.0. The molecular weight excluding hydrogens is 398 g/mol. The van der Waals surface area contributed by atoms with Crippen molar-refractivity contribution in [3.8, 4) is 10.8 Å². The van der Waals surface area contributed by atoms with Gasteiger partial charge in [0.1, 0.15) is 10.6 Å². The van der Waals surface area contributed by atoms with Gasteiger partial charge in [-0.05, 0) is 59.5 Å². The van der Waals surface area contributed by atoms with E-state index in [-0.39, 0.29) is 23.5 Å². The Hall–Kier alpha value is -1.71. The number of thiazole rings is 1. The summed E-state index contributed by atoms with van der Waals surface area (Å²) in [5.41, 5.74) is 0.650. The van der Waals surface area contributed by atoms with Crippen molar-refractivity contribution in [3.05, 3.63) is 28.5 Å². The van der Waals surface area contributed by atoms with Gasteiger partial charge < -0.3 is 14.2 Å². The van der Waals surface area contributed by atoms with Gasteiger partial charge >= 0.3 is 0 Å². The Balaban J connectivity index is 1.85. The summed E-state index contributed by atoms with van der Waals surface area (Å²) in [6, 6.07) is 3.44. The highest BCUT2D eigenvalue weighted by molar-refractivity contribution is 7.91. The SMILES string of the molecule is Cc1ccc(-c2nc(C)c(C(=O)N(CCCN(C)C)C3CCS(=O)(=O)C3)s2)o1. The third kappa shape index (κ3) is 4.82. The lowest BCUT2D eigenvalue weighted by molar-refractivity contribution is 0.0694. The number of sulfone groups is 1. The smallest absolute Gasteiger partial charge is 0.266 e. The molecule has 1 fully saturated rings. The van der Waals surface area contributed by atoms with Gasteiger partial charge in [0.15, 0.2) is 20.6 Å². The van der Waals surface area contributed by atoms with E-state index >= 15 is 0 Å². The summed E-state index contributed by atoms with van der Waals surface area (Å²) in [5.74, 6) is 1.49. The van der Waals surface area contributed by atoms with Crippen LogP contribution < -0.4 is 0 Å². The number of furan rings is 1. The molecule has 0 saturated carbocycles. The predicted octanol–water partition coefficient (Wildman–Crippen LogP) is 2.60. The summed E-state index contributed by atoms with van der Waals surface area (Å²) < 4.78 is 29.6. The molecule has 2 aromatic rings. The molecule has 0 radical (unpaired) electrons. The second-order valence-corrected chi connectivity index (χ2v) is 10.8. The van der Waals surface area contributed by atoms with E-state index in [2.05, 4.69) is 9.88 Å². The van der Waals surface area contributed by atoms with E-state index in [1.165, 1.54) is 11.3 Å². The highest BCUT2D eigenvalue weighted by Crippen LogP contribution is 2.31. The summed E-state index contributed by atoms with van der Waals surface area (Å²) in [6.07, 6.45) is 1.29. The molecule has 1 aliphatic heterocycles. The Morgan fingerprint density at radius 1 is 1.29 bits per heavy atom. The van der Waals surface area contributed by atoms with E-state index in [4.69, 9.17) is 4.42 Å². The van der Waals surface area contributed by atoms with Crippen molar-refractivity contribution < 1.29 is 17.6 Å². The lowest BCUT2D eigenvalue weighted by Crippen LogP contribution is -2.42. The van der Waals surface area contributed by atoms with Gasteiger partial charge in [-0.3, -0.25) is 4.79 Å². The Morgan fingerprint density at radius 2 is 2.04 bits per heavy atom. The molecule has 3 rings (SSSR count). The van der Waals surface area contributed by atoms with Crippen molar-refractivity contribution in [2.45, 2.75) is 32.7 Å². The second kappa shape index (κ2) is 8.34. The van der Waals surface area contributed by atoms with Gasteiger partial charge in [0.05, 0.1) is 17.2 Å². The minimum Gasteiger partial charge on any atom is -0.459 e. The highest BCUT2D eigenvalue weighted by Gasteiger charge is 2.36. The average molecular weight is 426 g/mol. The minimum absolute atomic E-state index is 0.0444. The van der Waals surface area contributed by atoms with E-state index in [0.717, 1.165) is 18.7 Å². The molecule has 0 bridgehead atoms. The summed E-state index contributed by atoms with van der Waals surface area (Å²) in [7, 11) is 0.892. The van der Waals surface area contributed by atoms with Crippen LogP contribution in [-0.2, 0) is 9.84 Å². The van der Waals surface area contributed by atoms with Gasteiger partial charge in [-0.25, -0.2) is 13.4 Å². The van der Waals surface area contributed by atoms with E-state index in [1.54, 1.807) is 4.90 Å². The molecule has 28 heavy (non-hydrogen) atoms. The van der Waals surface area contributed by atoms with Crippen molar-refractivity contribution in [3.63, 3.8) is 0 Å². The molecule has 0 aromatic carbocycles. The first-order valence-corrected chi connectivity index (χ1v) is 12.0. The maximum absolute atomic E-state index is 13.3. The molecule has 1 amide bonds. The Kier molecular flexibility index (Phi) is 6.26. The quantitative estimate of drug-likeness (QED) is 0.678. The molecule has 3 heterocycles. The van der Waals surface area contributed by atoms with Gasteiger partial charge in [0.25, 0.3) is 5.91 Å². The highest BCUT2D eigenvalue weighted by atomic mass is 32.2. The molecule has 1 unspecified atom stereocenters. The summed E-state index contributed by atoms with van der Waals surface area (Å²) in [6.45, 7) is 5.04. The number of rotatable bonds is 7. The molecule has 7 nitrogen and oxygen atoms in total. The number of aromatic nitrogens is 1. The van der Waals surface area contributed by atoms with Crippen LogP contribution in [0.3, 0.4) is 0 Å². The Labute approximate surface area is 170 Å². The van der Waals surface area contributed by atoms with E-state index < -0.39 is 9.84 Å². The van der Waals surface area contributed by atoms with Crippen molar-refractivity contribution in [2.24, 2.45) is 0 Å². The molecule has 2 aromatic heterocycles. The van der Waals surface area contributed by atoms with Crippen LogP contribution in [0.25, 0.3) is 10.8 Å². The molecule has 0 spiro atoms. The molecule has 0 aliphatic carbocycles. The predicted molar refractivity (Wildman–Crippen MR) is 111 cm³/mol. The van der Waals surface area contributed by atoms with Crippen LogP contribution in [0.4, 0.5) is 0 Å². The second-order valence-electron chi connectivity index (χ2n) is 7.56. The van der Waals surface area contributed by atoms with Gasteiger partial charge in [0.2, 0.25) is 0 Å². The van der Waals surface area contributed by atoms with Gasteiger partial charge in [-0.15, -0.1) is 11.3 Å². The van der Waals surface area contributed by atoms with Crippen LogP contribution in [0, 0.1) is 13.8 Å². The summed E-state index contributed by atoms with van der Waals surface area (Å²) >= 11 is 1.30. The average Bonchev–Trinajstić information content (AvgIpc) is 3.29. The number of aryl methyl sites for hydroxylation is 2. The van der Waals surface area contributed by atoms with Crippen LogP contribution in [-0.4, -0.2) is 73.8 Å². The Bertz CT molecular complexity index is 946. The van der Waals surface area contributed by atoms with E-state index in [9.17, 15) is 13.2 Å². The van der Waals surface area contributed by atoms with Crippen LogP contribution in [0.5, 0.6) is 0 Å². The number of nitrogens with zero attached hydrogens (tertiary/aromatic N) is 3. The van der Waals surface area contributed by atoms with Crippen LogP contribution in [0.2, 0.25) is 0 Å². The van der Waals surface area contributed by atoms with Crippen molar-refractivity contribution in [2.75, 3.05) is 38.7 Å². The van der Waals surface area contributed by atoms with Crippen LogP contribution >= 0.6 is 11.3 Å². The fourth-order valence-corrected chi connectivity index (χ4v) is 6.12. The third-order valence-corrected chi connectivity index (χ3v) is 7.77. The van der Waals surface area contributed by atoms with Crippen LogP contribution in [0.1, 0.15) is 34.0 Å². The fourth-order valence-electron chi connectivity index (χ4n) is 3.41. The Morgan fingerprint density at radius 3 is 2.61 bits per heavy atom. The molecular formula is C19H27N3O4S2. The fraction of sp³-hybridized carbons (Fsp3) is 0.579. The molecule has 1 aliphatic rings. The largest absolute Gasteiger partial charge is 0.459 e. The van der Waals surface area contributed by atoms with Crippen molar-refractivity contribution in [1.29, 1.82) is 0 Å². The molecule has 1 atom stereocenters. The molecule has 0 N–H and O–H groups in total. The van der Waals surface area contributed by atoms with Crippen molar-refractivity contribution in [1.82, 2.24) is 14.8 Å². The monoisotopic (exact) mass is 425 g/mol. The summed E-state index contributed by atoms with van der Waals surface area (Å²) in [5, 5.41) is 0.668. The number of carbonyl (C=O) groups excluding carboxylic acids is 1. The van der Waals surface area contributed by atoms with E-state index in [1.807, 2.05) is 40.1 Å². The number of hydrogen-bond donors (Lipinski definition) is 0. The maximum atomic E-state index is 13.3. The number of carbonyl (C=O) groups is 1. The summed E-state index contributed by atoms with van der Waals surface area (Å²) in [4.78, 5) is 22.2. The third-order valence-electron chi connectivity index (χ3n) is 4.86. The normalized spacial score (nSPS) is 18.7. The standard InChI is InChI=1S/C19H27N3O4S2/c1-13-6-7-16(26-13)18-20-14(2)17(27-18)19(23)22(10-5-9-21(3)4)15-8-11-28(24,25)12-15/h6-7,15H,5,8-12H2,1-4H3. The lowest BCUT2D eigenvalue weighted by atomic mass is 10.2. The lowest BCUT2D eigenvalue weighted by Gasteiger charge is -2.28. The zero-order valence-corrected chi connectivity index (χ0v) is 18.4. The zero-order valence-electron chi connectivity index (χ0n) is 16.8. The number of hydrogen-bond acceptors (Lipinski definition) is 7. The number of amides is 1. The van der Waals surface area contributed by atoms with Gasteiger partial charge in [-0.2, -0.15) is 0 Å². The molecule has 1 saturated heterocycles. The maximum Gasteiger partial charge on any atom is 0.266 e. The van der Waals surface area contributed by atoms with Gasteiger partial charge in [0, 0.05) is 12.6 Å². The first-order chi connectivity index (χ1) is 13.2. The molecule has 9 heteroatoms. The first-order valence-electron chi connectivity index (χ1n) is 9.36. The molecule has 154 valence electrons. The van der Waals surface area contributed by atoms with E-state index in [0.29, 0.717) is 34.3 Å². The van der Waals surface area contributed by atoms with Gasteiger partial charge in [-0.1, -0.05) is 0 Å². The van der Waals surface area contributed by atoms with Crippen LogP contribution in [0.15, 0.2) is 16.5 Å². The zero-order chi connectivity index (χ0) is 20.5. The van der Waals surface area contributed by atoms with Crippen molar-refractivity contribution >= 4 is 27.1 Å². The topological polar surface area (TPSA) is 83.7 Å².